The Hall–Kier alpha value is -2.05. The maximum absolute atomic E-state index is 12.7. The third-order valence-corrected chi connectivity index (χ3v) is 4.79. The number of ether oxygens (including phenoxy) is 2. The normalized spacial score (nSPS) is 11.9. The smallest absolute Gasteiger partial charge is 0.251 e. The first-order valence-electron chi connectivity index (χ1n) is 8.97. The molecule has 27 heavy (non-hydrogen) atoms. The van der Waals surface area contributed by atoms with E-state index in [1.165, 1.54) is 0 Å². The second-order valence-corrected chi connectivity index (χ2v) is 7.29. The van der Waals surface area contributed by atoms with Crippen molar-refractivity contribution in [1.82, 2.24) is 10.2 Å². The summed E-state index contributed by atoms with van der Waals surface area (Å²) in [6, 6.07) is 13.7. The summed E-state index contributed by atoms with van der Waals surface area (Å²) in [6.45, 7) is 3.13. The molecule has 146 valence electrons. The third kappa shape index (κ3) is 5.71. The van der Waals surface area contributed by atoms with Crippen LogP contribution in [-0.4, -0.2) is 45.2 Å². The molecule has 0 aliphatic rings. The first kappa shape index (κ1) is 21.3. The zero-order valence-corrected chi connectivity index (χ0v) is 17.9. The largest absolute Gasteiger partial charge is 0.493 e. The van der Waals surface area contributed by atoms with Crippen LogP contribution in [0.15, 0.2) is 46.9 Å². The summed E-state index contributed by atoms with van der Waals surface area (Å²) in [4.78, 5) is 14.8. The van der Waals surface area contributed by atoms with Crippen LogP contribution in [0.3, 0.4) is 0 Å². The fraction of sp³-hybridized carbons (Fsp3) is 0.381. The minimum absolute atomic E-state index is 0.0904. The molecule has 0 radical (unpaired) electrons. The van der Waals surface area contributed by atoms with Crippen LogP contribution in [0.2, 0.25) is 0 Å². The molecule has 6 heteroatoms. The lowest BCUT2D eigenvalue weighted by molar-refractivity contribution is 0.0941. The van der Waals surface area contributed by atoms with Gasteiger partial charge in [0.15, 0.2) is 11.5 Å². The monoisotopic (exact) mass is 434 g/mol. The van der Waals surface area contributed by atoms with Gasteiger partial charge in [-0.3, -0.25) is 4.79 Å². The Morgan fingerprint density at radius 2 is 1.93 bits per heavy atom. The number of carbonyl (C=O) groups is 1. The Morgan fingerprint density at radius 1 is 1.22 bits per heavy atom. The molecule has 0 aliphatic heterocycles. The van der Waals surface area contributed by atoms with E-state index in [0.717, 1.165) is 12.0 Å². The molecule has 0 saturated carbocycles. The summed E-state index contributed by atoms with van der Waals surface area (Å²) in [5.74, 6) is 1.00. The van der Waals surface area contributed by atoms with Crippen LogP contribution >= 0.6 is 15.9 Å². The summed E-state index contributed by atoms with van der Waals surface area (Å²) in [6.07, 6.45) is 0.892. The second kappa shape index (κ2) is 10.3. The van der Waals surface area contributed by atoms with Gasteiger partial charge in [0.05, 0.1) is 24.2 Å². The number of benzene rings is 2. The van der Waals surface area contributed by atoms with E-state index < -0.39 is 0 Å². The van der Waals surface area contributed by atoms with E-state index >= 15 is 0 Å². The van der Waals surface area contributed by atoms with Gasteiger partial charge in [0.1, 0.15) is 0 Å². The molecule has 2 aromatic rings. The number of nitrogens with zero attached hydrogens (tertiary/aromatic N) is 1. The molecule has 2 aromatic carbocycles. The number of amides is 1. The van der Waals surface area contributed by atoms with Gasteiger partial charge in [0.25, 0.3) is 5.91 Å². The van der Waals surface area contributed by atoms with Crippen LogP contribution in [0.25, 0.3) is 0 Å². The molecule has 0 bridgehead atoms. The van der Waals surface area contributed by atoms with E-state index in [4.69, 9.17) is 9.47 Å². The van der Waals surface area contributed by atoms with Gasteiger partial charge in [0.2, 0.25) is 0 Å². The molecule has 0 fully saturated rings. The zero-order valence-electron chi connectivity index (χ0n) is 16.3. The molecular weight excluding hydrogens is 408 g/mol. The van der Waals surface area contributed by atoms with Crippen LogP contribution < -0.4 is 14.8 Å². The molecule has 0 saturated heterocycles. The average Bonchev–Trinajstić information content (AvgIpc) is 2.67. The number of carbonyl (C=O) groups excluding carboxylic acids is 1. The van der Waals surface area contributed by atoms with Crippen LogP contribution in [0.5, 0.6) is 11.5 Å². The molecular formula is C21H27BrN2O3. The van der Waals surface area contributed by atoms with Crippen molar-refractivity contribution in [1.29, 1.82) is 0 Å². The predicted molar refractivity (Wildman–Crippen MR) is 112 cm³/mol. The zero-order chi connectivity index (χ0) is 19.8. The lowest BCUT2D eigenvalue weighted by atomic mass is 10.1. The van der Waals surface area contributed by atoms with E-state index in [2.05, 4.69) is 38.3 Å². The average molecular weight is 435 g/mol. The highest BCUT2D eigenvalue weighted by molar-refractivity contribution is 9.10. The minimum atomic E-state index is -0.154. The van der Waals surface area contributed by atoms with E-state index in [9.17, 15) is 4.79 Å². The molecule has 1 atom stereocenters. The van der Waals surface area contributed by atoms with Gasteiger partial charge in [-0.2, -0.15) is 0 Å². The third-order valence-electron chi connectivity index (χ3n) is 4.21. The fourth-order valence-electron chi connectivity index (χ4n) is 2.76. The van der Waals surface area contributed by atoms with Crippen LogP contribution in [0.4, 0.5) is 0 Å². The van der Waals surface area contributed by atoms with Gasteiger partial charge in [-0.05, 0) is 54.1 Å². The molecule has 0 spiro atoms. The van der Waals surface area contributed by atoms with E-state index in [1.807, 2.05) is 39.2 Å². The Bertz CT molecular complexity index is 751. The second-order valence-electron chi connectivity index (χ2n) is 6.44. The standard InChI is InChI=1S/C21H27BrN2O3/c1-5-11-27-20-17(22)12-16(13-19(20)26-4)21(25)23-14-18(24(2)3)15-9-7-6-8-10-15/h6-10,12-13,18H,5,11,14H2,1-4H3,(H,23,25). The number of rotatable bonds is 9. The van der Waals surface area contributed by atoms with Gasteiger partial charge in [-0.25, -0.2) is 0 Å². The van der Waals surface area contributed by atoms with Gasteiger partial charge in [0, 0.05) is 12.1 Å². The Kier molecular flexibility index (Phi) is 8.13. The summed E-state index contributed by atoms with van der Waals surface area (Å²) >= 11 is 3.48. The SMILES string of the molecule is CCCOc1c(Br)cc(C(=O)NCC(c2ccccc2)N(C)C)cc1OC. The van der Waals surface area contributed by atoms with E-state index in [0.29, 0.717) is 34.7 Å². The first-order chi connectivity index (χ1) is 13.0. The molecule has 1 unspecified atom stereocenters. The van der Waals surface area contributed by atoms with Crippen molar-refractivity contribution >= 4 is 21.8 Å². The van der Waals surface area contributed by atoms with Crippen molar-refractivity contribution in [2.24, 2.45) is 0 Å². The van der Waals surface area contributed by atoms with E-state index in [-0.39, 0.29) is 11.9 Å². The highest BCUT2D eigenvalue weighted by atomic mass is 79.9. The Balaban J connectivity index is 2.14. The van der Waals surface area contributed by atoms with Crippen molar-refractivity contribution in [2.45, 2.75) is 19.4 Å². The molecule has 1 amide bonds. The summed E-state index contributed by atoms with van der Waals surface area (Å²) in [5, 5.41) is 3.02. The number of likely N-dealkylation sites (N-methyl/N-ethyl adjacent to an activating group) is 1. The maximum atomic E-state index is 12.7. The van der Waals surface area contributed by atoms with Crippen LogP contribution in [0.1, 0.15) is 35.3 Å². The predicted octanol–water partition coefficient (Wildman–Crippen LogP) is 4.28. The molecule has 0 aliphatic carbocycles. The van der Waals surface area contributed by atoms with Crippen molar-refractivity contribution in [2.75, 3.05) is 34.4 Å². The highest BCUT2D eigenvalue weighted by Gasteiger charge is 2.18. The minimum Gasteiger partial charge on any atom is -0.493 e. The Morgan fingerprint density at radius 3 is 2.52 bits per heavy atom. The molecule has 0 aromatic heterocycles. The van der Waals surface area contributed by atoms with Gasteiger partial charge in [-0.1, -0.05) is 37.3 Å². The van der Waals surface area contributed by atoms with Crippen LogP contribution in [-0.2, 0) is 0 Å². The van der Waals surface area contributed by atoms with Crippen molar-refractivity contribution in [3.63, 3.8) is 0 Å². The molecule has 1 N–H and O–H groups in total. The van der Waals surface area contributed by atoms with Crippen molar-refractivity contribution < 1.29 is 14.3 Å². The number of hydrogen-bond acceptors (Lipinski definition) is 4. The molecule has 0 heterocycles. The molecule has 5 nitrogen and oxygen atoms in total. The van der Waals surface area contributed by atoms with Gasteiger partial charge < -0.3 is 19.7 Å². The summed E-state index contributed by atoms with van der Waals surface area (Å²) < 4.78 is 11.8. The Labute approximate surface area is 169 Å². The lowest BCUT2D eigenvalue weighted by Gasteiger charge is -2.25. The number of halogens is 1. The highest BCUT2D eigenvalue weighted by Crippen LogP contribution is 2.36. The lowest BCUT2D eigenvalue weighted by Crippen LogP contribution is -2.34. The fourth-order valence-corrected chi connectivity index (χ4v) is 3.32. The number of methoxy groups -OCH3 is 1. The quantitative estimate of drug-likeness (QED) is 0.639. The number of nitrogens with one attached hydrogen (secondary N) is 1. The van der Waals surface area contributed by atoms with Gasteiger partial charge >= 0.3 is 0 Å². The van der Waals surface area contributed by atoms with Gasteiger partial charge in [-0.15, -0.1) is 0 Å². The first-order valence-corrected chi connectivity index (χ1v) is 9.77. The summed E-state index contributed by atoms with van der Waals surface area (Å²) in [7, 11) is 5.58. The molecule has 2 rings (SSSR count). The van der Waals surface area contributed by atoms with Crippen molar-refractivity contribution in [3.05, 3.63) is 58.1 Å². The van der Waals surface area contributed by atoms with Crippen molar-refractivity contribution in [3.8, 4) is 11.5 Å². The topological polar surface area (TPSA) is 50.8 Å². The summed E-state index contributed by atoms with van der Waals surface area (Å²) in [5.41, 5.74) is 1.68. The van der Waals surface area contributed by atoms with Crippen LogP contribution in [0, 0.1) is 0 Å². The van der Waals surface area contributed by atoms with E-state index in [1.54, 1.807) is 19.2 Å². The maximum Gasteiger partial charge on any atom is 0.251 e. The number of hydrogen-bond donors (Lipinski definition) is 1.